The van der Waals surface area contributed by atoms with Crippen LogP contribution in [-0.4, -0.2) is 83.7 Å². The molecule has 4 aromatic rings. The third-order valence-corrected chi connectivity index (χ3v) is 5.75. The van der Waals surface area contributed by atoms with Crippen molar-refractivity contribution in [1.29, 1.82) is 0 Å². The average Bonchev–Trinajstić information content (AvgIpc) is 3.53. The Morgan fingerprint density at radius 2 is 1.88 bits per heavy atom. The molecule has 5 rings (SSSR count). The van der Waals surface area contributed by atoms with Crippen molar-refractivity contribution < 1.29 is 14.4 Å². The van der Waals surface area contributed by atoms with Gasteiger partial charge in [0.1, 0.15) is 11.3 Å². The Labute approximate surface area is 187 Å². The zero-order valence-electron chi connectivity index (χ0n) is 17.7. The van der Waals surface area contributed by atoms with Crippen LogP contribution in [0.4, 0.5) is 0 Å². The van der Waals surface area contributed by atoms with Gasteiger partial charge in [0.05, 0.1) is 5.56 Å². The molecule has 1 aliphatic rings. The molecule has 1 saturated heterocycles. The molecule has 0 bridgehead atoms. The molecule has 1 unspecified atom stereocenters. The average molecular weight is 444 g/mol. The summed E-state index contributed by atoms with van der Waals surface area (Å²) in [7, 11) is 0. The third kappa shape index (κ3) is 3.73. The third-order valence-electron chi connectivity index (χ3n) is 5.75. The number of Topliss-reactive ketones (excluding diaryl/α,β-unsaturated/α-hetero) is 1. The fourth-order valence-electron chi connectivity index (χ4n) is 4.04. The van der Waals surface area contributed by atoms with E-state index >= 15 is 0 Å². The van der Waals surface area contributed by atoms with Gasteiger partial charge in [-0.2, -0.15) is 5.21 Å². The van der Waals surface area contributed by atoms with Crippen LogP contribution in [-0.2, 0) is 4.79 Å². The molecule has 11 heteroatoms. The molecule has 0 saturated carbocycles. The molecule has 166 valence electrons. The van der Waals surface area contributed by atoms with E-state index in [1.165, 1.54) is 11.1 Å². The number of nitrogens with one attached hydrogen (secondary N) is 2. The minimum Gasteiger partial charge on any atom is -0.345 e. The van der Waals surface area contributed by atoms with Gasteiger partial charge in [-0.3, -0.25) is 14.4 Å². The number of H-pyrrole nitrogens is 2. The van der Waals surface area contributed by atoms with Crippen molar-refractivity contribution in [3.05, 3.63) is 59.8 Å². The van der Waals surface area contributed by atoms with E-state index in [0.717, 1.165) is 0 Å². The highest BCUT2D eigenvalue weighted by Gasteiger charge is 2.34. The first-order chi connectivity index (χ1) is 16.0. The fraction of sp³-hybridized carbons (Fsp3) is 0.227. The van der Waals surface area contributed by atoms with Crippen molar-refractivity contribution in [1.82, 2.24) is 40.4 Å². The van der Waals surface area contributed by atoms with Crippen LogP contribution in [0.3, 0.4) is 0 Å². The summed E-state index contributed by atoms with van der Waals surface area (Å²) in [6.07, 6.45) is 1.48. The minimum absolute atomic E-state index is 0.0824. The van der Waals surface area contributed by atoms with Crippen molar-refractivity contribution in [3.8, 4) is 11.5 Å². The van der Waals surface area contributed by atoms with Gasteiger partial charge in [0.25, 0.3) is 17.6 Å². The first kappa shape index (κ1) is 20.5. The van der Waals surface area contributed by atoms with Gasteiger partial charge in [0.15, 0.2) is 0 Å². The number of fused-ring (bicyclic) bond motifs is 1. The lowest BCUT2D eigenvalue weighted by atomic mass is 10.1. The van der Waals surface area contributed by atoms with E-state index in [4.69, 9.17) is 0 Å². The second kappa shape index (κ2) is 8.26. The number of tetrazole rings is 1. The summed E-state index contributed by atoms with van der Waals surface area (Å²) in [5, 5.41) is 14.2. The minimum atomic E-state index is -0.620. The highest BCUT2D eigenvalue weighted by Crippen LogP contribution is 2.22. The molecule has 0 aliphatic carbocycles. The van der Waals surface area contributed by atoms with E-state index in [1.54, 1.807) is 29.2 Å². The van der Waals surface area contributed by atoms with Gasteiger partial charge < -0.3 is 14.8 Å². The second-order valence-electron chi connectivity index (χ2n) is 7.82. The van der Waals surface area contributed by atoms with Crippen LogP contribution in [0.15, 0.2) is 48.7 Å². The Hall–Kier alpha value is -4.41. The Kier molecular flexibility index (Phi) is 5.13. The number of rotatable bonds is 4. The molecule has 1 aromatic carbocycles. The fourth-order valence-corrected chi connectivity index (χ4v) is 4.04. The monoisotopic (exact) mass is 444 g/mol. The van der Waals surface area contributed by atoms with Crippen LogP contribution in [0.25, 0.3) is 22.6 Å². The number of aromatic amines is 2. The van der Waals surface area contributed by atoms with Crippen LogP contribution in [0.2, 0.25) is 0 Å². The van der Waals surface area contributed by atoms with Crippen molar-refractivity contribution >= 4 is 28.6 Å². The van der Waals surface area contributed by atoms with E-state index in [1.807, 2.05) is 25.1 Å². The Bertz CT molecular complexity index is 1330. The number of nitrogens with zero attached hydrogens (tertiary/aromatic N) is 6. The SMILES string of the molecule is CC1CN(C(=O)c2ccccc2)CCN1C(=O)C(=O)c1c[nH]c2nc(-c3nn[nH]n3)ccc12. The lowest BCUT2D eigenvalue weighted by Gasteiger charge is -2.39. The van der Waals surface area contributed by atoms with Crippen LogP contribution in [0.1, 0.15) is 27.6 Å². The molecule has 2 amide bonds. The van der Waals surface area contributed by atoms with E-state index in [2.05, 4.69) is 30.6 Å². The predicted octanol–water partition coefficient (Wildman–Crippen LogP) is 1.30. The molecule has 1 atom stereocenters. The number of aromatic nitrogens is 6. The highest BCUT2D eigenvalue weighted by atomic mass is 16.2. The largest absolute Gasteiger partial charge is 0.345 e. The lowest BCUT2D eigenvalue weighted by molar-refractivity contribution is -0.130. The van der Waals surface area contributed by atoms with E-state index in [9.17, 15) is 14.4 Å². The molecule has 1 fully saturated rings. The maximum Gasteiger partial charge on any atom is 0.295 e. The molecule has 1 aliphatic heterocycles. The number of benzene rings is 1. The normalized spacial score (nSPS) is 16.2. The first-order valence-corrected chi connectivity index (χ1v) is 10.4. The summed E-state index contributed by atoms with van der Waals surface area (Å²) in [6, 6.07) is 12.1. The molecule has 0 radical (unpaired) electrons. The zero-order valence-corrected chi connectivity index (χ0v) is 17.7. The number of carbonyl (C=O) groups is 3. The molecular formula is C22H20N8O3. The molecule has 4 heterocycles. The van der Waals surface area contributed by atoms with Gasteiger partial charge in [-0.15, -0.1) is 10.2 Å². The smallest absolute Gasteiger partial charge is 0.295 e. The lowest BCUT2D eigenvalue weighted by Crippen LogP contribution is -2.56. The standard InChI is InChI=1S/C22H20N8O3/c1-13-12-29(21(32)14-5-3-2-4-6-14)9-10-30(13)22(33)18(31)16-11-23-19-15(16)7-8-17(24-19)20-25-27-28-26-20/h2-8,11,13H,9-10,12H2,1H3,(H,23,24)(H,25,26,27,28). The van der Waals surface area contributed by atoms with E-state index < -0.39 is 11.7 Å². The number of hydrogen-bond acceptors (Lipinski definition) is 7. The number of pyridine rings is 1. The van der Waals surface area contributed by atoms with Crippen LogP contribution in [0, 0.1) is 0 Å². The topological polar surface area (TPSA) is 141 Å². The van der Waals surface area contributed by atoms with E-state index in [-0.39, 0.29) is 24.1 Å². The molecule has 11 nitrogen and oxygen atoms in total. The van der Waals surface area contributed by atoms with Crippen molar-refractivity contribution in [2.24, 2.45) is 0 Å². The Morgan fingerprint density at radius 3 is 2.61 bits per heavy atom. The number of ketones is 1. The molecule has 33 heavy (non-hydrogen) atoms. The molecule has 0 spiro atoms. The van der Waals surface area contributed by atoms with Gasteiger partial charge in [0, 0.05) is 42.8 Å². The summed E-state index contributed by atoms with van der Waals surface area (Å²) in [4.78, 5) is 49.4. The van der Waals surface area contributed by atoms with Gasteiger partial charge >= 0.3 is 0 Å². The maximum absolute atomic E-state index is 13.1. The van der Waals surface area contributed by atoms with Gasteiger partial charge in [-0.1, -0.05) is 18.2 Å². The van der Waals surface area contributed by atoms with Crippen LogP contribution in [0.5, 0.6) is 0 Å². The summed E-state index contributed by atoms with van der Waals surface area (Å²) in [6.45, 7) is 2.84. The van der Waals surface area contributed by atoms with Crippen molar-refractivity contribution in [3.63, 3.8) is 0 Å². The second-order valence-corrected chi connectivity index (χ2v) is 7.82. The van der Waals surface area contributed by atoms with Gasteiger partial charge in [-0.05, 0) is 36.4 Å². The number of piperazine rings is 1. The highest BCUT2D eigenvalue weighted by molar-refractivity contribution is 6.44. The number of hydrogen-bond donors (Lipinski definition) is 2. The Morgan fingerprint density at radius 1 is 1.06 bits per heavy atom. The van der Waals surface area contributed by atoms with Gasteiger partial charge in [0.2, 0.25) is 5.82 Å². The number of carbonyl (C=O) groups excluding carboxylic acids is 3. The molecule has 3 aromatic heterocycles. The van der Waals surface area contributed by atoms with Crippen molar-refractivity contribution in [2.45, 2.75) is 13.0 Å². The summed E-state index contributed by atoms with van der Waals surface area (Å²) < 4.78 is 0. The van der Waals surface area contributed by atoms with E-state index in [0.29, 0.717) is 41.2 Å². The molecule has 2 N–H and O–H groups in total. The number of amides is 2. The zero-order chi connectivity index (χ0) is 22.9. The quantitative estimate of drug-likeness (QED) is 0.357. The molecular weight excluding hydrogens is 424 g/mol. The summed E-state index contributed by atoms with van der Waals surface area (Å²) in [5.74, 6) is -0.976. The Balaban J connectivity index is 1.31. The maximum atomic E-state index is 13.1. The van der Waals surface area contributed by atoms with Crippen LogP contribution >= 0.6 is 0 Å². The van der Waals surface area contributed by atoms with Gasteiger partial charge in [-0.25, -0.2) is 4.98 Å². The summed E-state index contributed by atoms with van der Waals surface area (Å²) in [5.41, 5.74) is 1.78. The summed E-state index contributed by atoms with van der Waals surface area (Å²) >= 11 is 0. The first-order valence-electron chi connectivity index (χ1n) is 10.4. The van der Waals surface area contributed by atoms with Crippen LogP contribution < -0.4 is 0 Å². The predicted molar refractivity (Wildman–Crippen MR) is 117 cm³/mol. The van der Waals surface area contributed by atoms with Crippen molar-refractivity contribution in [2.75, 3.05) is 19.6 Å².